The zero-order valence-corrected chi connectivity index (χ0v) is 14.0. The molecule has 0 spiro atoms. The quantitative estimate of drug-likeness (QED) is 0.929. The number of piperidine rings is 1. The van der Waals surface area contributed by atoms with Crippen LogP contribution in [0.3, 0.4) is 0 Å². The second-order valence-electron chi connectivity index (χ2n) is 7.26. The zero-order chi connectivity index (χ0) is 17.4. The normalized spacial score (nSPS) is 28.7. The van der Waals surface area contributed by atoms with E-state index >= 15 is 0 Å². The molecule has 4 rings (SSSR count). The van der Waals surface area contributed by atoms with Crippen molar-refractivity contribution in [2.24, 2.45) is 0 Å². The smallest absolute Gasteiger partial charge is 0.147 e. The summed E-state index contributed by atoms with van der Waals surface area (Å²) in [4.78, 5) is 2.45. The molecule has 0 radical (unpaired) electrons. The standard InChI is InChI=1S/C21H21FN2O/c22-20-16(13-23)7-4-8-19(20)21(25)11-17-9-10-18(12-21)24(17)14-15-5-2-1-3-6-15/h1-8,17-18,25H,9-12,14H2. The highest BCUT2D eigenvalue weighted by Gasteiger charge is 2.49. The van der Waals surface area contributed by atoms with Crippen molar-refractivity contribution in [1.82, 2.24) is 4.90 Å². The Kier molecular flexibility index (Phi) is 4.07. The first-order valence-electron chi connectivity index (χ1n) is 8.82. The minimum atomic E-state index is -1.18. The molecule has 2 fully saturated rings. The van der Waals surface area contributed by atoms with Gasteiger partial charge in [0, 0.05) is 24.2 Å². The predicted molar refractivity (Wildman–Crippen MR) is 93.0 cm³/mol. The molecule has 2 heterocycles. The SMILES string of the molecule is N#Cc1cccc(C2(O)CC3CCC(C2)N3Cc2ccccc2)c1F. The molecule has 4 heteroatoms. The summed E-state index contributed by atoms with van der Waals surface area (Å²) >= 11 is 0. The van der Waals surface area contributed by atoms with Crippen LogP contribution in [0.25, 0.3) is 0 Å². The minimum Gasteiger partial charge on any atom is -0.385 e. The van der Waals surface area contributed by atoms with Crippen LogP contribution < -0.4 is 0 Å². The van der Waals surface area contributed by atoms with Crippen LogP contribution in [0.5, 0.6) is 0 Å². The van der Waals surface area contributed by atoms with Crippen molar-refractivity contribution in [3.63, 3.8) is 0 Å². The van der Waals surface area contributed by atoms with Gasteiger partial charge in [0.25, 0.3) is 0 Å². The molecule has 0 amide bonds. The molecule has 2 aliphatic rings. The maximum Gasteiger partial charge on any atom is 0.147 e. The Bertz CT molecular complexity index is 800. The topological polar surface area (TPSA) is 47.3 Å². The Morgan fingerprint density at radius 1 is 1.08 bits per heavy atom. The molecule has 2 unspecified atom stereocenters. The van der Waals surface area contributed by atoms with Gasteiger partial charge in [-0.25, -0.2) is 4.39 Å². The van der Waals surface area contributed by atoms with Crippen LogP contribution in [0, 0.1) is 17.1 Å². The average molecular weight is 336 g/mol. The Labute approximate surface area is 147 Å². The van der Waals surface area contributed by atoms with Crippen LogP contribution in [-0.4, -0.2) is 22.1 Å². The third kappa shape index (κ3) is 2.84. The molecular weight excluding hydrogens is 315 g/mol. The Balaban J connectivity index is 1.60. The maximum atomic E-state index is 14.6. The fourth-order valence-corrected chi connectivity index (χ4v) is 4.57. The lowest BCUT2D eigenvalue weighted by atomic mass is 9.79. The molecule has 128 valence electrons. The van der Waals surface area contributed by atoms with Gasteiger partial charge in [0.1, 0.15) is 11.9 Å². The molecule has 2 bridgehead atoms. The molecule has 0 aliphatic carbocycles. The summed E-state index contributed by atoms with van der Waals surface area (Å²) < 4.78 is 14.6. The van der Waals surface area contributed by atoms with Gasteiger partial charge in [0.2, 0.25) is 0 Å². The molecule has 1 N–H and O–H groups in total. The third-order valence-corrected chi connectivity index (χ3v) is 5.75. The van der Waals surface area contributed by atoms with Gasteiger partial charge in [-0.15, -0.1) is 0 Å². The molecule has 2 saturated heterocycles. The molecular formula is C21H21FN2O. The number of aliphatic hydroxyl groups is 1. The highest BCUT2D eigenvalue weighted by molar-refractivity contribution is 5.38. The summed E-state index contributed by atoms with van der Waals surface area (Å²) in [5, 5.41) is 20.3. The second-order valence-corrected chi connectivity index (χ2v) is 7.26. The van der Waals surface area contributed by atoms with Crippen LogP contribution >= 0.6 is 0 Å². The number of hydrogen-bond donors (Lipinski definition) is 1. The fraction of sp³-hybridized carbons (Fsp3) is 0.381. The van der Waals surface area contributed by atoms with E-state index in [-0.39, 0.29) is 23.2 Å². The lowest BCUT2D eigenvalue weighted by Crippen LogP contribution is -2.49. The van der Waals surface area contributed by atoms with Gasteiger partial charge >= 0.3 is 0 Å². The van der Waals surface area contributed by atoms with Gasteiger partial charge in [-0.1, -0.05) is 42.5 Å². The molecule has 25 heavy (non-hydrogen) atoms. The van der Waals surface area contributed by atoms with Crippen molar-refractivity contribution in [1.29, 1.82) is 5.26 Å². The average Bonchev–Trinajstić information content (AvgIpc) is 2.87. The van der Waals surface area contributed by atoms with Crippen LogP contribution in [0.1, 0.15) is 42.4 Å². The van der Waals surface area contributed by atoms with Crippen molar-refractivity contribution in [3.05, 3.63) is 71.0 Å². The molecule has 2 atom stereocenters. The van der Waals surface area contributed by atoms with Crippen molar-refractivity contribution in [2.45, 2.75) is 49.9 Å². The Morgan fingerprint density at radius 2 is 1.76 bits per heavy atom. The number of nitriles is 1. The number of halogens is 1. The summed E-state index contributed by atoms with van der Waals surface area (Å²) in [6.45, 7) is 0.868. The summed E-state index contributed by atoms with van der Waals surface area (Å²) in [5.74, 6) is -0.566. The van der Waals surface area contributed by atoms with Gasteiger partial charge in [-0.2, -0.15) is 5.26 Å². The molecule has 2 aliphatic heterocycles. The van der Waals surface area contributed by atoms with Crippen LogP contribution in [0.4, 0.5) is 4.39 Å². The van der Waals surface area contributed by atoms with Crippen molar-refractivity contribution >= 4 is 0 Å². The van der Waals surface area contributed by atoms with E-state index in [1.807, 2.05) is 24.3 Å². The summed E-state index contributed by atoms with van der Waals surface area (Å²) in [7, 11) is 0. The number of fused-ring (bicyclic) bond motifs is 2. The number of hydrogen-bond acceptors (Lipinski definition) is 3. The van der Waals surface area contributed by atoms with Gasteiger partial charge in [-0.3, -0.25) is 4.90 Å². The number of benzene rings is 2. The van der Waals surface area contributed by atoms with E-state index in [9.17, 15) is 9.50 Å². The molecule has 2 aromatic rings. The van der Waals surface area contributed by atoms with Crippen LogP contribution in [0.15, 0.2) is 48.5 Å². The van der Waals surface area contributed by atoms with Crippen LogP contribution in [-0.2, 0) is 12.1 Å². The van der Waals surface area contributed by atoms with E-state index in [1.165, 1.54) is 11.6 Å². The van der Waals surface area contributed by atoms with E-state index in [1.54, 1.807) is 12.1 Å². The van der Waals surface area contributed by atoms with Gasteiger partial charge < -0.3 is 5.11 Å². The predicted octanol–water partition coefficient (Wildman–Crippen LogP) is 3.71. The first-order chi connectivity index (χ1) is 12.1. The number of nitrogens with zero attached hydrogens (tertiary/aromatic N) is 2. The second kappa shape index (κ2) is 6.25. The summed E-state index contributed by atoms with van der Waals surface area (Å²) in [6.07, 6.45) is 3.09. The van der Waals surface area contributed by atoms with Crippen LogP contribution in [0.2, 0.25) is 0 Å². The lowest BCUT2D eigenvalue weighted by Gasteiger charge is -2.44. The van der Waals surface area contributed by atoms with Gasteiger partial charge in [-0.05, 0) is 37.3 Å². The van der Waals surface area contributed by atoms with E-state index in [0.717, 1.165) is 19.4 Å². The maximum absolute atomic E-state index is 14.6. The lowest BCUT2D eigenvalue weighted by molar-refractivity contribution is -0.0615. The van der Waals surface area contributed by atoms with E-state index < -0.39 is 11.4 Å². The van der Waals surface area contributed by atoms with Crippen molar-refractivity contribution in [3.8, 4) is 6.07 Å². The molecule has 0 aromatic heterocycles. The number of rotatable bonds is 3. The molecule has 3 nitrogen and oxygen atoms in total. The molecule has 2 aromatic carbocycles. The van der Waals surface area contributed by atoms with E-state index in [4.69, 9.17) is 5.26 Å². The highest BCUT2D eigenvalue weighted by atomic mass is 19.1. The van der Waals surface area contributed by atoms with Crippen molar-refractivity contribution < 1.29 is 9.50 Å². The fourth-order valence-electron chi connectivity index (χ4n) is 4.57. The largest absolute Gasteiger partial charge is 0.385 e. The first kappa shape index (κ1) is 16.3. The zero-order valence-electron chi connectivity index (χ0n) is 14.0. The molecule has 0 saturated carbocycles. The monoisotopic (exact) mass is 336 g/mol. The third-order valence-electron chi connectivity index (χ3n) is 5.75. The summed E-state index contributed by atoms with van der Waals surface area (Å²) in [6, 6.07) is 17.4. The Hall–Kier alpha value is -2.22. The van der Waals surface area contributed by atoms with Gasteiger partial charge in [0.15, 0.2) is 0 Å². The minimum absolute atomic E-state index is 0.00462. The highest BCUT2D eigenvalue weighted by Crippen LogP contribution is 2.47. The van der Waals surface area contributed by atoms with E-state index in [2.05, 4.69) is 17.0 Å². The summed E-state index contributed by atoms with van der Waals surface area (Å²) in [5.41, 5.74) is 0.367. The van der Waals surface area contributed by atoms with E-state index in [0.29, 0.717) is 12.8 Å². The Morgan fingerprint density at radius 3 is 2.40 bits per heavy atom. The van der Waals surface area contributed by atoms with Crippen molar-refractivity contribution in [2.75, 3.05) is 0 Å². The first-order valence-corrected chi connectivity index (χ1v) is 8.82. The van der Waals surface area contributed by atoms with Gasteiger partial charge in [0.05, 0.1) is 11.2 Å².